The SMILES string of the molecule is CCn1c(=O)n(C)c(=O)n(CCCSC)c1=O. The molecule has 1 aromatic heterocycles. The zero-order valence-corrected chi connectivity index (χ0v) is 11.1. The summed E-state index contributed by atoms with van der Waals surface area (Å²) in [5, 5.41) is 0. The van der Waals surface area contributed by atoms with E-state index in [0.717, 1.165) is 25.9 Å². The van der Waals surface area contributed by atoms with Crippen LogP contribution < -0.4 is 17.1 Å². The van der Waals surface area contributed by atoms with Crippen LogP contribution >= 0.6 is 11.8 Å². The minimum absolute atomic E-state index is 0.272. The molecule has 0 aliphatic heterocycles. The van der Waals surface area contributed by atoms with E-state index in [-0.39, 0.29) is 6.54 Å². The molecule has 1 heterocycles. The minimum atomic E-state index is -0.552. The van der Waals surface area contributed by atoms with E-state index in [1.807, 2.05) is 6.26 Å². The molecule has 0 unspecified atom stereocenters. The smallest absolute Gasteiger partial charge is 0.248 e. The van der Waals surface area contributed by atoms with Gasteiger partial charge in [-0.05, 0) is 25.4 Å². The highest BCUT2D eigenvalue weighted by Crippen LogP contribution is 1.95. The van der Waals surface area contributed by atoms with Crippen LogP contribution in [0, 0.1) is 0 Å². The molecular weight excluding hydrogens is 242 g/mol. The Kier molecular flexibility index (Phi) is 4.80. The van der Waals surface area contributed by atoms with Crippen molar-refractivity contribution in [3.8, 4) is 0 Å². The molecule has 0 saturated carbocycles. The van der Waals surface area contributed by atoms with Gasteiger partial charge in [-0.2, -0.15) is 11.8 Å². The highest BCUT2D eigenvalue weighted by molar-refractivity contribution is 7.98. The van der Waals surface area contributed by atoms with Gasteiger partial charge >= 0.3 is 17.1 Å². The van der Waals surface area contributed by atoms with Gasteiger partial charge in [0.25, 0.3) is 0 Å². The Morgan fingerprint density at radius 2 is 1.65 bits per heavy atom. The van der Waals surface area contributed by atoms with E-state index in [0.29, 0.717) is 6.54 Å². The molecule has 1 rings (SSSR count). The van der Waals surface area contributed by atoms with Crippen molar-refractivity contribution < 1.29 is 0 Å². The van der Waals surface area contributed by atoms with E-state index >= 15 is 0 Å². The lowest BCUT2D eigenvalue weighted by Gasteiger charge is -2.09. The number of aromatic nitrogens is 3. The first kappa shape index (κ1) is 13.8. The van der Waals surface area contributed by atoms with Crippen LogP contribution in [0.2, 0.25) is 0 Å². The Balaban J connectivity index is 3.31. The number of rotatable bonds is 5. The van der Waals surface area contributed by atoms with Crippen LogP contribution in [0.1, 0.15) is 13.3 Å². The zero-order valence-electron chi connectivity index (χ0n) is 10.3. The first-order chi connectivity index (χ1) is 8.04. The van der Waals surface area contributed by atoms with E-state index in [1.54, 1.807) is 18.7 Å². The number of nitrogens with zero attached hydrogens (tertiary/aromatic N) is 3. The third kappa shape index (κ3) is 2.71. The maximum Gasteiger partial charge on any atom is 0.336 e. The standard InChI is InChI=1S/C10H17N3O3S/c1-4-12-8(14)11(2)9(15)13(10(12)16)6-5-7-17-3/h4-7H2,1-3H3. The molecule has 6 nitrogen and oxygen atoms in total. The van der Waals surface area contributed by atoms with Gasteiger partial charge in [0.05, 0.1) is 0 Å². The monoisotopic (exact) mass is 259 g/mol. The van der Waals surface area contributed by atoms with Crippen molar-refractivity contribution in [1.29, 1.82) is 0 Å². The van der Waals surface area contributed by atoms with Crippen LogP contribution in [0.5, 0.6) is 0 Å². The summed E-state index contributed by atoms with van der Waals surface area (Å²) >= 11 is 1.66. The van der Waals surface area contributed by atoms with Gasteiger partial charge in [-0.15, -0.1) is 0 Å². The lowest BCUT2D eigenvalue weighted by atomic mass is 10.5. The predicted molar refractivity (Wildman–Crippen MR) is 68.9 cm³/mol. The Bertz CT molecular complexity index is 555. The molecule has 0 aromatic carbocycles. The second-order valence-electron chi connectivity index (χ2n) is 3.65. The lowest BCUT2D eigenvalue weighted by molar-refractivity contribution is 0.479. The summed E-state index contributed by atoms with van der Waals surface area (Å²) in [7, 11) is 1.39. The van der Waals surface area contributed by atoms with Crippen molar-refractivity contribution in [2.45, 2.75) is 26.4 Å². The van der Waals surface area contributed by atoms with Crippen LogP contribution in [0.3, 0.4) is 0 Å². The lowest BCUT2D eigenvalue weighted by Crippen LogP contribution is -2.53. The van der Waals surface area contributed by atoms with E-state index < -0.39 is 17.1 Å². The molecule has 0 amide bonds. The summed E-state index contributed by atoms with van der Waals surface area (Å²) in [5.41, 5.74) is -1.60. The van der Waals surface area contributed by atoms with Crippen molar-refractivity contribution in [2.75, 3.05) is 12.0 Å². The Morgan fingerprint density at radius 3 is 2.18 bits per heavy atom. The minimum Gasteiger partial charge on any atom is -0.248 e. The molecule has 96 valence electrons. The van der Waals surface area contributed by atoms with E-state index in [4.69, 9.17) is 0 Å². The number of thioether (sulfide) groups is 1. The second-order valence-corrected chi connectivity index (χ2v) is 4.63. The predicted octanol–water partition coefficient (Wildman–Crippen LogP) is -0.518. The summed E-state index contributed by atoms with van der Waals surface area (Å²) in [6.45, 7) is 2.33. The van der Waals surface area contributed by atoms with Crippen LogP contribution in [-0.2, 0) is 20.1 Å². The molecule has 0 N–H and O–H groups in total. The Morgan fingerprint density at radius 1 is 1.06 bits per heavy atom. The normalized spacial score (nSPS) is 10.8. The summed E-state index contributed by atoms with van der Waals surface area (Å²) in [6, 6.07) is 0. The fourth-order valence-electron chi connectivity index (χ4n) is 1.58. The molecular formula is C10H17N3O3S. The average molecular weight is 259 g/mol. The fourth-order valence-corrected chi connectivity index (χ4v) is 2.00. The first-order valence-corrected chi connectivity index (χ1v) is 6.83. The molecule has 0 fully saturated rings. The first-order valence-electron chi connectivity index (χ1n) is 5.44. The van der Waals surface area contributed by atoms with Crippen molar-refractivity contribution in [3.63, 3.8) is 0 Å². The number of hydrogen-bond acceptors (Lipinski definition) is 4. The third-order valence-corrected chi connectivity index (χ3v) is 3.24. The molecule has 0 aliphatic rings. The number of hydrogen-bond donors (Lipinski definition) is 0. The average Bonchev–Trinajstić information content (AvgIpc) is 2.32. The highest BCUT2D eigenvalue weighted by Gasteiger charge is 2.11. The van der Waals surface area contributed by atoms with E-state index in [2.05, 4.69) is 0 Å². The summed E-state index contributed by atoms with van der Waals surface area (Å²) in [6.07, 6.45) is 2.70. The van der Waals surface area contributed by atoms with Gasteiger partial charge in [-0.3, -0.25) is 0 Å². The maximum atomic E-state index is 11.9. The van der Waals surface area contributed by atoms with E-state index in [9.17, 15) is 14.4 Å². The molecule has 1 aromatic rings. The molecule has 7 heteroatoms. The van der Waals surface area contributed by atoms with Crippen LogP contribution in [-0.4, -0.2) is 25.7 Å². The van der Waals surface area contributed by atoms with Gasteiger partial charge in [-0.1, -0.05) is 0 Å². The van der Waals surface area contributed by atoms with Gasteiger partial charge in [0.1, 0.15) is 0 Å². The van der Waals surface area contributed by atoms with Gasteiger partial charge in [0.2, 0.25) is 0 Å². The molecule has 0 atom stereocenters. The largest absolute Gasteiger partial charge is 0.336 e. The molecule has 0 radical (unpaired) electrons. The molecule has 0 aliphatic carbocycles. The van der Waals surface area contributed by atoms with Gasteiger partial charge in [0.15, 0.2) is 0 Å². The van der Waals surface area contributed by atoms with Gasteiger partial charge in [-0.25, -0.2) is 28.1 Å². The van der Waals surface area contributed by atoms with Crippen molar-refractivity contribution in [3.05, 3.63) is 31.5 Å². The van der Waals surface area contributed by atoms with Crippen LogP contribution in [0.25, 0.3) is 0 Å². The molecule has 0 spiro atoms. The molecule has 0 saturated heterocycles. The van der Waals surface area contributed by atoms with Crippen molar-refractivity contribution in [2.24, 2.45) is 7.05 Å². The molecule has 0 bridgehead atoms. The third-order valence-electron chi connectivity index (χ3n) is 2.54. The summed E-state index contributed by atoms with van der Waals surface area (Å²) in [5.74, 6) is 0.876. The van der Waals surface area contributed by atoms with Gasteiger partial charge < -0.3 is 0 Å². The zero-order chi connectivity index (χ0) is 13.0. The highest BCUT2D eigenvalue weighted by atomic mass is 32.2. The maximum absolute atomic E-state index is 11.9. The second kappa shape index (κ2) is 5.90. The quantitative estimate of drug-likeness (QED) is 0.668. The topological polar surface area (TPSA) is 66.0 Å². The van der Waals surface area contributed by atoms with Gasteiger partial charge in [0, 0.05) is 20.1 Å². The van der Waals surface area contributed by atoms with Crippen molar-refractivity contribution in [1.82, 2.24) is 13.7 Å². The fraction of sp³-hybridized carbons (Fsp3) is 0.700. The van der Waals surface area contributed by atoms with E-state index in [1.165, 1.54) is 7.05 Å². The molecule has 17 heavy (non-hydrogen) atoms. The summed E-state index contributed by atoms with van der Waals surface area (Å²) < 4.78 is 3.17. The Hall–Kier alpha value is -1.24. The summed E-state index contributed by atoms with van der Waals surface area (Å²) in [4.78, 5) is 35.3. The van der Waals surface area contributed by atoms with Crippen LogP contribution in [0.4, 0.5) is 0 Å². The van der Waals surface area contributed by atoms with Crippen molar-refractivity contribution >= 4 is 11.8 Å². The van der Waals surface area contributed by atoms with Crippen LogP contribution in [0.15, 0.2) is 14.4 Å². The Labute approximate surface area is 103 Å².